The average molecular weight is 909 g/mol. The van der Waals surface area contributed by atoms with Gasteiger partial charge in [0.25, 0.3) is 0 Å². The summed E-state index contributed by atoms with van der Waals surface area (Å²) in [5.41, 5.74) is 0. The molecule has 0 aromatic heterocycles. The molecule has 13 heteroatoms. The number of carbonyl (C=O) groups is 1. The predicted molar refractivity (Wildman–Crippen MR) is 252 cm³/mol. The van der Waals surface area contributed by atoms with Crippen LogP contribution in [0.1, 0.15) is 162 Å². The lowest BCUT2D eigenvalue weighted by molar-refractivity contribution is -0.301. The number of ether oxygens (including phenoxy) is 4. The van der Waals surface area contributed by atoms with Crippen LogP contribution in [0.15, 0.2) is 85.1 Å². The minimum absolute atomic E-state index is 0.0203. The molecule has 6 atom stereocenters. The molecule has 0 aromatic carbocycles. The molecular formula is C50H84O12S. The fourth-order valence-corrected chi connectivity index (χ4v) is 7.19. The molecule has 6 unspecified atom stereocenters. The third-order valence-corrected chi connectivity index (χ3v) is 10.7. The van der Waals surface area contributed by atoms with E-state index in [1.165, 1.54) is 19.3 Å². The minimum Gasteiger partial charge on any atom is -0.457 e. The maximum absolute atomic E-state index is 12.9. The lowest BCUT2D eigenvalue weighted by Crippen LogP contribution is -2.60. The zero-order chi connectivity index (χ0) is 46.1. The van der Waals surface area contributed by atoms with Gasteiger partial charge in [-0.3, -0.25) is 9.35 Å². The Labute approximate surface area is 381 Å². The van der Waals surface area contributed by atoms with Crippen molar-refractivity contribution in [2.45, 2.75) is 198 Å². The number of hydrogen-bond acceptors (Lipinski definition) is 11. The normalized spacial score (nSPS) is 20.6. The third kappa shape index (κ3) is 34.3. The summed E-state index contributed by atoms with van der Waals surface area (Å²) in [6.45, 7) is 3.76. The molecule has 1 fully saturated rings. The summed E-state index contributed by atoms with van der Waals surface area (Å²) in [7, 11) is -5.07. The van der Waals surface area contributed by atoms with Crippen LogP contribution in [0.4, 0.5) is 0 Å². The highest BCUT2D eigenvalue weighted by Crippen LogP contribution is 2.26. The maximum atomic E-state index is 12.9. The molecule has 1 heterocycles. The van der Waals surface area contributed by atoms with Gasteiger partial charge in [-0.25, -0.2) is 4.18 Å². The van der Waals surface area contributed by atoms with Gasteiger partial charge < -0.3 is 34.3 Å². The molecule has 12 nitrogen and oxygen atoms in total. The van der Waals surface area contributed by atoms with Crippen LogP contribution in [0.2, 0.25) is 0 Å². The Balaban J connectivity index is 2.37. The van der Waals surface area contributed by atoms with Crippen molar-refractivity contribution in [3.63, 3.8) is 0 Å². The largest absolute Gasteiger partial charge is 0.457 e. The Hall–Kier alpha value is -2.72. The van der Waals surface area contributed by atoms with Gasteiger partial charge in [-0.2, -0.15) is 8.42 Å². The molecule has 1 aliphatic heterocycles. The van der Waals surface area contributed by atoms with E-state index >= 15 is 0 Å². The molecule has 63 heavy (non-hydrogen) atoms. The Morgan fingerprint density at radius 2 is 1.10 bits per heavy atom. The second-order valence-electron chi connectivity index (χ2n) is 16.0. The predicted octanol–water partition coefficient (Wildman–Crippen LogP) is 10.5. The average Bonchev–Trinajstić information content (AvgIpc) is 3.26. The van der Waals surface area contributed by atoms with Gasteiger partial charge in [0.05, 0.1) is 19.8 Å². The van der Waals surface area contributed by atoms with E-state index in [0.29, 0.717) is 13.0 Å². The summed E-state index contributed by atoms with van der Waals surface area (Å²) in [6.07, 6.45) is 44.8. The number of allylic oxidation sites excluding steroid dienone is 14. The van der Waals surface area contributed by atoms with Gasteiger partial charge in [0.1, 0.15) is 30.5 Å². The Kier molecular flexibility index (Phi) is 37.7. The number of unbranched alkanes of at least 4 members (excludes halogenated alkanes) is 13. The van der Waals surface area contributed by atoms with Crippen molar-refractivity contribution in [2.75, 3.05) is 26.4 Å². The van der Waals surface area contributed by atoms with E-state index in [4.69, 9.17) is 23.5 Å². The Morgan fingerprint density at radius 1 is 0.619 bits per heavy atom. The van der Waals surface area contributed by atoms with Gasteiger partial charge in [-0.1, -0.05) is 157 Å². The first-order valence-corrected chi connectivity index (χ1v) is 25.2. The van der Waals surface area contributed by atoms with Crippen LogP contribution in [0, 0.1) is 0 Å². The van der Waals surface area contributed by atoms with Crippen molar-refractivity contribution in [3.05, 3.63) is 85.1 Å². The van der Waals surface area contributed by atoms with E-state index in [1.54, 1.807) is 0 Å². The standard InChI is InChI=1S/C50H84O12S/c1-3-5-7-9-11-13-15-16-17-18-19-20-21-22-23-24-25-26-27-28-29-31-33-35-37-39-46(52)60-44(42-58-40-38-36-34-32-30-14-12-10-8-6-4-2)43-59-50-48(54)49(62-63(55,56)57)47(53)45(41-51)61-50/h5,7-8,10-11,13,16-17,19-20,22-23,25-26,44-45,47-51,53-54H,3-4,6,9,12,14-15,18,21,24,27-43H2,1-2H3,(H,55,56,57)/b7-5-,10-8-,13-11-,17-16-,20-19-,23-22-,26-25-. The van der Waals surface area contributed by atoms with E-state index in [1.807, 2.05) is 0 Å². The number of carbonyl (C=O) groups excluding carboxylic acids is 1. The van der Waals surface area contributed by atoms with Gasteiger partial charge in [0, 0.05) is 13.0 Å². The van der Waals surface area contributed by atoms with Crippen LogP contribution in [0.3, 0.4) is 0 Å². The molecule has 1 rings (SSSR count). The molecular weight excluding hydrogens is 825 g/mol. The van der Waals surface area contributed by atoms with Crippen molar-refractivity contribution >= 4 is 16.4 Å². The molecule has 0 radical (unpaired) electrons. The van der Waals surface area contributed by atoms with Crippen LogP contribution in [-0.2, 0) is 38.3 Å². The van der Waals surface area contributed by atoms with Gasteiger partial charge in [-0.15, -0.1) is 0 Å². The number of esters is 1. The summed E-state index contributed by atoms with van der Waals surface area (Å²) in [5, 5.41) is 30.7. The SMILES string of the molecule is CC/C=C\C/C=C\C/C=C\C/C=C\C/C=C\C/C=C\CCCCCCCCC(=O)OC(COCCCCCCCC/C=C\CCC)COC1OC(CO)C(O)C(OS(=O)(=O)O)C1O. The first-order valence-electron chi connectivity index (χ1n) is 23.8. The van der Waals surface area contributed by atoms with Crippen molar-refractivity contribution in [2.24, 2.45) is 0 Å². The molecule has 0 aliphatic carbocycles. The minimum atomic E-state index is -5.07. The molecule has 362 valence electrons. The van der Waals surface area contributed by atoms with Crippen molar-refractivity contribution in [3.8, 4) is 0 Å². The van der Waals surface area contributed by atoms with Crippen molar-refractivity contribution in [1.82, 2.24) is 0 Å². The molecule has 1 aliphatic rings. The Bertz CT molecular complexity index is 1420. The molecule has 0 spiro atoms. The molecule has 0 aromatic rings. The summed E-state index contributed by atoms with van der Waals surface area (Å²) in [5.74, 6) is -0.421. The monoisotopic (exact) mass is 909 g/mol. The summed E-state index contributed by atoms with van der Waals surface area (Å²) < 4.78 is 59.0. The lowest BCUT2D eigenvalue weighted by Gasteiger charge is -2.41. The molecule has 0 amide bonds. The first kappa shape index (κ1) is 58.3. The number of aliphatic hydroxyl groups excluding tert-OH is 3. The van der Waals surface area contributed by atoms with E-state index < -0.39 is 59.8 Å². The fourth-order valence-electron chi connectivity index (χ4n) is 6.68. The highest BCUT2D eigenvalue weighted by Gasteiger charge is 2.48. The van der Waals surface area contributed by atoms with E-state index in [2.05, 4.69) is 103 Å². The van der Waals surface area contributed by atoms with Gasteiger partial charge >= 0.3 is 16.4 Å². The van der Waals surface area contributed by atoms with Gasteiger partial charge in [0.15, 0.2) is 6.29 Å². The fraction of sp³-hybridized carbons (Fsp3) is 0.700. The Morgan fingerprint density at radius 3 is 1.62 bits per heavy atom. The van der Waals surface area contributed by atoms with E-state index in [-0.39, 0.29) is 19.6 Å². The second-order valence-corrected chi connectivity index (χ2v) is 17.0. The highest BCUT2D eigenvalue weighted by atomic mass is 32.3. The zero-order valence-electron chi connectivity index (χ0n) is 38.6. The van der Waals surface area contributed by atoms with Crippen LogP contribution in [0.5, 0.6) is 0 Å². The summed E-state index contributed by atoms with van der Waals surface area (Å²) in [6, 6.07) is 0. The highest BCUT2D eigenvalue weighted by molar-refractivity contribution is 7.80. The molecule has 1 saturated heterocycles. The quantitative estimate of drug-likeness (QED) is 0.0198. The van der Waals surface area contributed by atoms with E-state index in [9.17, 15) is 28.5 Å². The summed E-state index contributed by atoms with van der Waals surface area (Å²) >= 11 is 0. The van der Waals surface area contributed by atoms with Crippen LogP contribution in [0.25, 0.3) is 0 Å². The molecule has 0 bridgehead atoms. The topological polar surface area (TPSA) is 178 Å². The van der Waals surface area contributed by atoms with Crippen LogP contribution < -0.4 is 0 Å². The maximum Gasteiger partial charge on any atom is 0.397 e. The first-order chi connectivity index (χ1) is 30.6. The smallest absolute Gasteiger partial charge is 0.397 e. The van der Waals surface area contributed by atoms with Gasteiger partial charge in [-0.05, 0) is 83.5 Å². The summed E-state index contributed by atoms with van der Waals surface area (Å²) in [4.78, 5) is 12.9. The second kappa shape index (κ2) is 40.8. The van der Waals surface area contributed by atoms with Crippen LogP contribution >= 0.6 is 0 Å². The number of aliphatic hydroxyl groups is 3. The lowest BCUT2D eigenvalue weighted by atomic mass is 9.99. The van der Waals surface area contributed by atoms with E-state index in [0.717, 1.165) is 116 Å². The molecule has 4 N–H and O–H groups in total. The van der Waals surface area contributed by atoms with Crippen molar-refractivity contribution < 1.29 is 56.2 Å². The van der Waals surface area contributed by atoms with Crippen LogP contribution in [-0.4, -0.2) is 97.5 Å². The number of hydrogen-bond donors (Lipinski definition) is 4. The zero-order valence-corrected chi connectivity index (χ0v) is 39.4. The van der Waals surface area contributed by atoms with Gasteiger partial charge in [0.2, 0.25) is 0 Å². The third-order valence-electron chi connectivity index (χ3n) is 10.2. The molecule has 0 saturated carbocycles. The number of rotatable bonds is 40. The van der Waals surface area contributed by atoms with Crippen molar-refractivity contribution in [1.29, 1.82) is 0 Å².